The second kappa shape index (κ2) is 6.44. The average Bonchev–Trinajstić information content (AvgIpc) is 3.08. The summed E-state index contributed by atoms with van der Waals surface area (Å²) in [5.74, 6) is 0.336. The van der Waals surface area contributed by atoms with Gasteiger partial charge < -0.3 is 9.87 Å². The van der Waals surface area contributed by atoms with Crippen LogP contribution >= 0.6 is 11.3 Å². The minimum atomic E-state index is -1.25. The molecule has 2 aromatic rings. The molecular formula is C15H21N3O2S2. The van der Waals surface area contributed by atoms with Gasteiger partial charge in [0.2, 0.25) is 0 Å². The van der Waals surface area contributed by atoms with E-state index >= 15 is 0 Å². The fraction of sp³-hybridized carbons (Fsp3) is 0.467. The number of anilines is 1. The molecule has 0 saturated carbocycles. The maximum atomic E-state index is 12.5. The van der Waals surface area contributed by atoms with Crippen molar-refractivity contribution in [2.75, 3.05) is 5.32 Å². The average molecular weight is 339 g/mol. The molecule has 1 atom stereocenters. The second-order valence-electron chi connectivity index (χ2n) is 5.83. The van der Waals surface area contributed by atoms with E-state index in [0.717, 1.165) is 10.6 Å². The Morgan fingerprint density at radius 1 is 1.50 bits per heavy atom. The standard InChI is InChI=1S/C15H21N3O2S2/c1-10(2)22(20)15(3,4)14(19)16-13-9-11(17-18(13)5)12-7-6-8-21-12/h6-10H,1-5H3,(H,16,19). The Balaban J connectivity index is 2.19. The molecule has 0 spiro atoms. The summed E-state index contributed by atoms with van der Waals surface area (Å²) in [5, 5.41) is 9.15. The van der Waals surface area contributed by atoms with Gasteiger partial charge in [0, 0.05) is 13.1 Å². The van der Waals surface area contributed by atoms with Crippen LogP contribution in [0.5, 0.6) is 0 Å². The van der Waals surface area contributed by atoms with E-state index in [2.05, 4.69) is 10.4 Å². The molecule has 7 heteroatoms. The molecule has 2 heterocycles. The van der Waals surface area contributed by atoms with Crippen molar-refractivity contribution in [3.63, 3.8) is 0 Å². The van der Waals surface area contributed by atoms with Crippen LogP contribution in [-0.4, -0.2) is 30.2 Å². The van der Waals surface area contributed by atoms with Crippen molar-refractivity contribution < 1.29 is 9.35 Å². The third-order valence-electron chi connectivity index (χ3n) is 3.37. The lowest BCUT2D eigenvalue weighted by Crippen LogP contribution is -2.47. The number of rotatable bonds is 5. The Morgan fingerprint density at radius 3 is 2.73 bits per heavy atom. The number of amides is 1. The first kappa shape index (κ1) is 17.1. The van der Waals surface area contributed by atoms with Crippen molar-refractivity contribution in [1.29, 1.82) is 0 Å². The SMILES string of the molecule is CC(C)[S+]([O-])C(C)(C)C(=O)Nc1cc(-c2cccs2)nn1C. The fourth-order valence-electron chi connectivity index (χ4n) is 2.08. The molecule has 1 unspecified atom stereocenters. The maximum Gasteiger partial charge on any atom is 0.281 e. The smallest absolute Gasteiger partial charge is 0.281 e. The summed E-state index contributed by atoms with van der Waals surface area (Å²) in [7, 11) is 1.78. The number of aryl methyl sites for hydroxylation is 1. The molecule has 2 rings (SSSR count). The van der Waals surface area contributed by atoms with Crippen molar-refractivity contribution >= 4 is 34.2 Å². The van der Waals surface area contributed by atoms with Gasteiger partial charge >= 0.3 is 0 Å². The molecular weight excluding hydrogens is 318 g/mol. The van der Waals surface area contributed by atoms with E-state index < -0.39 is 15.9 Å². The van der Waals surface area contributed by atoms with Crippen LogP contribution in [0.2, 0.25) is 0 Å². The van der Waals surface area contributed by atoms with E-state index in [4.69, 9.17) is 0 Å². The quantitative estimate of drug-likeness (QED) is 0.851. The molecule has 0 fully saturated rings. The van der Waals surface area contributed by atoms with Gasteiger partial charge in [0.15, 0.2) is 4.75 Å². The number of hydrogen-bond donors (Lipinski definition) is 1. The van der Waals surface area contributed by atoms with Gasteiger partial charge in [-0.3, -0.25) is 9.48 Å². The van der Waals surface area contributed by atoms with Crippen LogP contribution in [0, 0.1) is 0 Å². The predicted molar refractivity (Wildman–Crippen MR) is 92.5 cm³/mol. The maximum absolute atomic E-state index is 12.5. The van der Waals surface area contributed by atoms with Crippen LogP contribution in [0.15, 0.2) is 23.6 Å². The summed E-state index contributed by atoms with van der Waals surface area (Å²) in [4.78, 5) is 13.5. The van der Waals surface area contributed by atoms with Crippen molar-refractivity contribution in [1.82, 2.24) is 9.78 Å². The minimum Gasteiger partial charge on any atom is -0.615 e. The Bertz CT molecular complexity index is 648. The van der Waals surface area contributed by atoms with Crippen molar-refractivity contribution in [2.24, 2.45) is 7.05 Å². The third kappa shape index (κ3) is 3.37. The van der Waals surface area contributed by atoms with Crippen molar-refractivity contribution in [3.05, 3.63) is 23.6 Å². The third-order valence-corrected chi connectivity index (χ3v) is 6.31. The van der Waals surface area contributed by atoms with Crippen LogP contribution < -0.4 is 5.32 Å². The lowest BCUT2D eigenvalue weighted by atomic mass is 10.2. The predicted octanol–water partition coefficient (Wildman–Crippen LogP) is 3.02. The molecule has 0 aliphatic heterocycles. The van der Waals surface area contributed by atoms with Gasteiger partial charge in [-0.15, -0.1) is 11.3 Å². The fourth-order valence-corrected chi connectivity index (χ4v) is 4.17. The largest absolute Gasteiger partial charge is 0.615 e. The van der Waals surface area contributed by atoms with E-state index in [-0.39, 0.29) is 11.2 Å². The van der Waals surface area contributed by atoms with E-state index in [1.54, 1.807) is 36.9 Å². The van der Waals surface area contributed by atoms with E-state index in [9.17, 15) is 9.35 Å². The Morgan fingerprint density at radius 2 is 2.18 bits per heavy atom. The van der Waals surface area contributed by atoms with Gasteiger partial charge in [0.1, 0.15) is 16.8 Å². The Hall–Kier alpha value is -1.31. The van der Waals surface area contributed by atoms with Crippen molar-refractivity contribution in [3.8, 4) is 10.6 Å². The molecule has 0 aliphatic rings. The van der Waals surface area contributed by atoms with Gasteiger partial charge in [-0.25, -0.2) is 0 Å². The summed E-state index contributed by atoms with van der Waals surface area (Å²) < 4.78 is 13.0. The zero-order chi connectivity index (χ0) is 16.5. The minimum absolute atomic E-state index is 0.0750. The Kier molecular flexibility index (Phi) is 4.99. The van der Waals surface area contributed by atoms with Crippen LogP contribution in [0.25, 0.3) is 10.6 Å². The van der Waals surface area contributed by atoms with Crippen LogP contribution in [-0.2, 0) is 23.0 Å². The molecule has 0 radical (unpaired) electrons. The summed E-state index contributed by atoms with van der Waals surface area (Å²) in [6.45, 7) is 7.11. The zero-order valence-corrected chi connectivity index (χ0v) is 15.0. The van der Waals surface area contributed by atoms with Crippen molar-refractivity contribution in [2.45, 2.75) is 37.7 Å². The number of nitrogens with one attached hydrogen (secondary N) is 1. The zero-order valence-electron chi connectivity index (χ0n) is 13.4. The molecule has 120 valence electrons. The highest BCUT2D eigenvalue weighted by Gasteiger charge is 2.42. The van der Waals surface area contributed by atoms with Gasteiger partial charge in [-0.2, -0.15) is 5.10 Å². The van der Waals surface area contributed by atoms with Crippen LogP contribution in [0.4, 0.5) is 5.82 Å². The van der Waals surface area contributed by atoms with Gasteiger partial charge in [-0.1, -0.05) is 6.07 Å². The lowest BCUT2D eigenvalue weighted by Gasteiger charge is -2.29. The van der Waals surface area contributed by atoms with Crippen LogP contribution in [0.1, 0.15) is 27.7 Å². The van der Waals surface area contributed by atoms with Gasteiger partial charge in [-0.05, 0) is 50.3 Å². The summed E-state index contributed by atoms with van der Waals surface area (Å²) in [5.41, 5.74) is 0.815. The number of hydrogen-bond acceptors (Lipinski definition) is 4. The molecule has 0 saturated heterocycles. The lowest BCUT2D eigenvalue weighted by molar-refractivity contribution is -0.117. The van der Waals surface area contributed by atoms with Gasteiger partial charge in [0.05, 0.1) is 4.88 Å². The molecule has 2 aromatic heterocycles. The molecule has 0 aromatic carbocycles. The molecule has 1 amide bonds. The number of nitrogens with zero attached hydrogens (tertiary/aromatic N) is 2. The highest BCUT2D eigenvalue weighted by Crippen LogP contribution is 2.27. The van der Waals surface area contributed by atoms with E-state index in [0.29, 0.717) is 5.82 Å². The first-order valence-corrected chi connectivity index (χ1v) is 9.12. The van der Waals surface area contributed by atoms with E-state index in [1.807, 2.05) is 37.4 Å². The first-order chi connectivity index (χ1) is 10.2. The summed E-state index contributed by atoms with van der Waals surface area (Å²) in [6, 6.07) is 5.77. The molecule has 0 bridgehead atoms. The summed E-state index contributed by atoms with van der Waals surface area (Å²) in [6.07, 6.45) is 0. The molecule has 1 N–H and O–H groups in total. The number of thiophene rings is 1. The normalized spacial score (nSPS) is 13.4. The topological polar surface area (TPSA) is 70.0 Å². The summed E-state index contributed by atoms with van der Waals surface area (Å²) >= 11 is 0.339. The highest BCUT2D eigenvalue weighted by atomic mass is 32.2. The number of carbonyl (C=O) groups is 1. The van der Waals surface area contributed by atoms with E-state index in [1.165, 1.54) is 0 Å². The van der Waals surface area contributed by atoms with Gasteiger partial charge in [0.25, 0.3) is 5.91 Å². The second-order valence-corrected chi connectivity index (χ2v) is 9.33. The highest BCUT2D eigenvalue weighted by molar-refractivity contribution is 7.94. The first-order valence-electron chi connectivity index (χ1n) is 7.03. The van der Waals surface area contributed by atoms with Crippen LogP contribution in [0.3, 0.4) is 0 Å². The Labute approximate surface area is 137 Å². The number of aromatic nitrogens is 2. The molecule has 5 nitrogen and oxygen atoms in total. The molecule has 0 aliphatic carbocycles. The number of carbonyl (C=O) groups excluding carboxylic acids is 1. The molecule has 22 heavy (non-hydrogen) atoms. The monoisotopic (exact) mass is 339 g/mol.